The highest BCUT2D eigenvalue weighted by Crippen LogP contribution is 2.34. The summed E-state index contributed by atoms with van der Waals surface area (Å²) in [4.78, 5) is 17.7. The number of carbonyl (C=O) groups excluding carboxylic acids is 1. The van der Waals surface area contributed by atoms with Crippen LogP contribution in [0.5, 0.6) is 11.5 Å². The van der Waals surface area contributed by atoms with E-state index in [1.54, 1.807) is 29.6 Å². The number of ether oxygens (including phenoxy) is 2. The van der Waals surface area contributed by atoms with Crippen LogP contribution in [0.25, 0.3) is 16.2 Å². The fourth-order valence-electron chi connectivity index (χ4n) is 2.99. The molecule has 4 aromatic rings. The summed E-state index contributed by atoms with van der Waals surface area (Å²) < 4.78 is 51.9. The molecule has 4 rings (SSSR count). The van der Waals surface area contributed by atoms with Crippen LogP contribution < -0.4 is 14.8 Å². The van der Waals surface area contributed by atoms with E-state index in [2.05, 4.69) is 15.4 Å². The van der Waals surface area contributed by atoms with E-state index in [1.807, 2.05) is 0 Å². The van der Waals surface area contributed by atoms with Gasteiger partial charge in [-0.05, 0) is 29.6 Å². The van der Waals surface area contributed by atoms with Crippen LogP contribution >= 0.6 is 11.3 Å². The molecule has 3 aromatic heterocycles. The van der Waals surface area contributed by atoms with Gasteiger partial charge < -0.3 is 14.8 Å². The molecular formula is C20H15F3N4O3S. The third kappa shape index (κ3) is 3.91. The summed E-state index contributed by atoms with van der Waals surface area (Å²) in [6.07, 6.45) is -3.62. The van der Waals surface area contributed by atoms with Gasteiger partial charge in [0.2, 0.25) is 0 Å². The van der Waals surface area contributed by atoms with Crippen molar-refractivity contribution >= 4 is 28.6 Å². The number of thiophene rings is 1. The summed E-state index contributed by atoms with van der Waals surface area (Å²) in [6, 6.07) is 9.00. The van der Waals surface area contributed by atoms with Gasteiger partial charge in [0.15, 0.2) is 22.8 Å². The number of nitrogens with zero attached hydrogens (tertiary/aromatic N) is 3. The van der Waals surface area contributed by atoms with Crippen LogP contribution in [-0.4, -0.2) is 34.7 Å². The fourth-order valence-corrected chi connectivity index (χ4v) is 3.67. The largest absolute Gasteiger partial charge is 0.493 e. The highest BCUT2D eigenvalue weighted by atomic mass is 32.1. The maximum Gasteiger partial charge on any atom is 0.433 e. The zero-order valence-electron chi connectivity index (χ0n) is 16.2. The Morgan fingerprint density at radius 1 is 1.13 bits per heavy atom. The SMILES string of the molecule is COc1ccc(NC(=O)c2cnn3c(C(F)(F)F)cc(-c4cccs4)nc23)cc1OC. The first kappa shape index (κ1) is 20.7. The summed E-state index contributed by atoms with van der Waals surface area (Å²) >= 11 is 1.25. The normalized spacial score (nSPS) is 11.5. The predicted octanol–water partition coefficient (Wildman–Crippen LogP) is 4.75. The molecule has 31 heavy (non-hydrogen) atoms. The molecule has 0 spiro atoms. The summed E-state index contributed by atoms with van der Waals surface area (Å²) in [6.45, 7) is 0. The molecular weight excluding hydrogens is 433 g/mol. The van der Waals surface area contributed by atoms with Gasteiger partial charge in [-0.2, -0.15) is 18.3 Å². The second kappa shape index (κ2) is 7.91. The molecule has 0 radical (unpaired) electrons. The molecule has 0 fully saturated rings. The summed E-state index contributed by atoms with van der Waals surface area (Å²) in [7, 11) is 2.92. The molecule has 0 unspecified atom stereocenters. The molecule has 0 bridgehead atoms. The Bertz CT molecular complexity index is 1250. The molecule has 1 aromatic carbocycles. The highest BCUT2D eigenvalue weighted by molar-refractivity contribution is 7.13. The number of nitrogens with one attached hydrogen (secondary N) is 1. The Morgan fingerprint density at radius 3 is 2.55 bits per heavy atom. The molecule has 0 saturated heterocycles. The minimum atomic E-state index is -4.68. The molecule has 7 nitrogen and oxygen atoms in total. The van der Waals surface area contributed by atoms with Crippen LogP contribution in [-0.2, 0) is 6.18 Å². The van der Waals surface area contributed by atoms with E-state index in [9.17, 15) is 18.0 Å². The zero-order chi connectivity index (χ0) is 22.2. The Morgan fingerprint density at radius 2 is 1.90 bits per heavy atom. The van der Waals surface area contributed by atoms with Crippen LogP contribution in [0.3, 0.4) is 0 Å². The quantitative estimate of drug-likeness (QED) is 0.477. The van der Waals surface area contributed by atoms with E-state index in [-0.39, 0.29) is 16.9 Å². The van der Waals surface area contributed by atoms with Crippen molar-refractivity contribution in [2.75, 3.05) is 19.5 Å². The number of hydrogen-bond donors (Lipinski definition) is 1. The lowest BCUT2D eigenvalue weighted by molar-refractivity contribution is -0.142. The van der Waals surface area contributed by atoms with E-state index in [0.717, 1.165) is 12.3 Å². The summed E-state index contributed by atoms with van der Waals surface area (Å²) in [5, 5.41) is 8.12. The van der Waals surface area contributed by atoms with E-state index in [4.69, 9.17) is 9.47 Å². The van der Waals surface area contributed by atoms with Crippen molar-refractivity contribution in [3.63, 3.8) is 0 Å². The zero-order valence-corrected chi connectivity index (χ0v) is 17.0. The van der Waals surface area contributed by atoms with Crippen molar-refractivity contribution in [2.24, 2.45) is 0 Å². The number of carbonyl (C=O) groups is 1. The summed E-state index contributed by atoms with van der Waals surface area (Å²) in [5.74, 6) is 0.192. The van der Waals surface area contributed by atoms with Crippen molar-refractivity contribution in [3.05, 3.63) is 59.2 Å². The number of fused-ring (bicyclic) bond motifs is 1. The average molecular weight is 448 g/mol. The standard InChI is InChI=1S/C20H15F3N4O3S/c1-29-14-6-5-11(8-15(14)30-2)25-19(28)12-10-24-27-17(20(21,22)23)9-13(26-18(12)27)16-4-3-7-31-16/h3-10H,1-2H3,(H,25,28). The third-order valence-corrected chi connectivity index (χ3v) is 5.31. The summed E-state index contributed by atoms with van der Waals surface area (Å²) in [5.41, 5.74) is -0.844. The Balaban J connectivity index is 1.77. The van der Waals surface area contributed by atoms with Crippen LogP contribution in [0.2, 0.25) is 0 Å². The van der Waals surface area contributed by atoms with E-state index >= 15 is 0 Å². The molecule has 3 heterocycles. The molecule has 160 valence electrons. The van der Waals surface area contributed by atoms with Crippen molar-refractivity contribution in [1.82, 2.24) is 14.6 Å². The molecule has 0 aliphatic carbocycles. The van der Waals surface area contributed by atoms with Crippen molar-refractivity contribution in [1.29, 1.82) is 0 Å². The van der Waals surface area contributed by atoms with Crippen LogP contribution in [0.15, 0.2) is 48.0 Å². The predicted molar refractivity (Wildman–Crippen MR) is 109 cm³/mol. The number of methoxy groups -OCH3 is 2. The minimum absolute atomic E-state index is 0.0984. The van der Waals surface area contributed by atoms with E-state index in [0.29, 0.717) is 26.6 Å². The second-order valence-corrected chi connectivity index (χ2v) is 7.27. The highest BCUT2D eigenvalue weighted by Gasteiger charge is 2.36. The van der Waals surface area contributed by atoms with Crippen LogP contribution in [0.4, 0.5) is 18.9 Å². The first-order valence-corrected chi connectivity index (χ1v) is 9.73. The van der Waals surface area contributed by atoms with Crippen molar-refractivity contribution in [2.45, 2.75) is 6.18 Å². The lowest BCUT2D eigenvalue weighted by atomic mass is 10.2. The number of amides is 1. The smallest absolute Gasteiger partial charge is 0.433 e. The number of aromatic nitrogens is 3. The maximum atomic E-state index is 13.6. The van der Waals surface area contributed by atoms with E-state index < -0.39 is 17.8 Å². The van der Waals surface area contributed by atoms with Crippen LogP contribution in [0, 0.1) is 0 Å². The molecule has 0 aliphatic rings. The minimum Gasteiger partial charge on any atom is -0.493 e. The second-order valence-electron chi connectivity index (χ2n) is 6.32. The topological polar surface area (TPSA) is 77.8 Å². The van der Waals surface area contributed by atoms with Crippen LogP contribution in [0.1, 0.15) is 16.1 Å². The molecule has 11 heteroatoms. The van der Waals surface area contributed by atoms with Gasteiger partial charge in [-0.1, -0.05) is 6.07 Å². The molecule has 0 saturated carbocycles. The van der Waals surface area contributed by atoms with E-state index in [1.165, 1.54) is 31.6 Å². The first-order valence-electron chi connectivity index (χ1n) is 8.85. The lowest BCUT2D eigenvalue weighted by Crippen LogP contribution is -2.15. The van der Waals surface area contributed by atoms with Gasteiger partial charge in [0, 0.05) is 11.8 Å². The number of rotatable bonds is 5. The molecule has 1 N–H and O–H groups in total. The van der Waals surface area contributed by atoms with Crippen molar-refractivity contribution < 1.29 is 27.4 Å². The monoisotopic (exact) mass is 448 g/mol. The van der Waals surface area contributed by atoms with Gasteiger partial charge in [-0.25, -0.2) is 9.50 Å². The average Bonchev–Trinajstić information content (AvgIpc) is 3.42. The number of benzene rings is 1. The maximum absolute atomic E-state index is 13.6. The molecule has 1 amide bonds. The first-order chi connectivity index (χ1) is 14.8. The van der Waals surface area contributed by atoms with Gasteiger partial charge >= 0.3 is 6.18 Å². The Kier molecular flexibility index (Phi) is 5.27. The number of alkyl halides is 3. The fraction of sp³-hybridized carbons (Fsp3) is 0.150. The third-order valence-electron chi connectivity index (χ3n) is 4.42. The molecule has 0 aliphatic heterocycles. The van der Waals surface area contributed by atoms with Gasteiger partial charge in [0.05, 0.1) is 31.0 Å². The lowest BCUT2D eigenvalue weighted by Gasteiger charge is -2.12. The Hall–Kier alpha value is -3.60. The van der Waals surface area contributed by atoms with Gasteiger partial charge in [-0.15, -0.1) is 11.3 Å². The van der Waals surface area contributed by atoms with Gasteiger partial charge in [-0.3, -0.25) is 4.79 Å². The number of anilines is 1. The number of hydrogen-bond acceptors (Lipinski definition) is 6. The Labute approximate surface area is 178 Å². The molecule has 0 atom stereocenters. The van der Waals surface area contributed by atoms with Crippen molar-refractivity contribution in [3.8, 4) is 22.1 Å². The van der Waals surface area contributed by atoms with Gasteiger partial charge in [0.1, 0.15) is 5.56 Å². The van der Waals surface area contributed by atoms with Gasteiger partial charge in [0.25, 0.3) is 5.91 Å². The number of halogens is 3.